The van der Waals surface area contributed by atoms with Crippen LogP contribution in [0.3, 0.4) is 0 Å². The standard InChI is InChI=1S/C13H17FN2O.ClH/c1-9-4-5-10(14)7-12(9)13(17)16-8-11-3-2-6-15-11;/h4-5,7,11,15H,2-3,6,8H2,1H3,(H,16,17);1H. The zero-order chi connectivity index (χ0) is 12.3. The van der Waals surface area contributed by atoms with Gasteiger partial charge >= 0.3 is 0 Å². The lowest BCUT2D eigenvalue weighted by Gasteiger charge is -2.12. The van der Waals surface area contributed by atoms with Crippen LogP contribution in [0.2, 0.25) is 0 Å². The summed E-state index contributed by atoms with van der Waals surface area (Å²) in [6.07, 6.45) is 2.24. The number of nitrogens with one attached hydrogen (secondary N) is 2. The highest BCUT2D eigenvalue weighted by molar-refractivity contribution is 5.95. The molecule has 0 bridgehead atoms. The fraction of sp³-hybridized carbons (Fsp3) is 0.462. The molecule has 0 spiro atoms. The average molecular weight is 273 g/mol. The molecule has 1 atom stereocenters. The molecule has 5 heteroatoms. The van der Waals surface area contributed by atoms with E-state index in [1.54, 1.807) is 6.07 Å². The van der Waals surface area contributed by atoms with Gasteiger partial charge in [-0.25, -0.2) is 4.39 Å². The monoisotopic (exact) mass is 272 g/mol. The number of carbonyl (C=O) groups excluding carboxylic acids is 1. The highest BCUT2D eigenvalue weighted by Crippen LogP contribution is 2.10. The molecule has 18 heavy (non-hydrogen) atoms. The smallest absolute Gasteiger partial charge is 0.251 e. The van der Waals surface area contributed by atoms with Crippen molar-refractivity contribution in [3.8, 4) is 0 Å². The third-order valence-electron chi connectivity index (χ3n) is 3.12. The van der Waals surface area contributed by atoms with Crippen LogP contribution in [0.1, 0.15) is 28.8 Å². The van der Waals surface area contributed by atoms with E-state index in [4.69, 9.17) is 0 Å². The predicted molar refractivity (Wildman–Crippen MR) is 71.7 cm³/mol. The van der Waals surface area contributed by atoms with Gasteiger partial charge in [0, 0.05) is 18.2 Å². The molecule has 1 fully saturated rings. The largest absolute Gasteiger partial charge is 0.350 e. The molecule has 0 saturated carbocycles. The predicted octanol–water partition coefficient (Wildman–Crippen LogP) is 2.04. The number of benzene rings is 1. The highest BCUT2D eigenvalue weighted by Gasteiger charge is 2.16. The molecular weight excluding hydrogens is 255 g/mol. The van der Waals surface area contributed by atoms with Crippen molar-refractivity contribution >= 4 is 18.3 Å². The Kier molecular flexibility index (Phi) is 5.56. The van der Waals surface area contributed by atoms with Crippen LogP contribution in [-0.4, -0.2) is 25.0 Å². The average Bonchev–Trinajstić information content (AvgIpc) is 2.82. The van der Waals surface area contributed by atoms with Crippen molar-refractivity contribution in [2.45, 2.75) is 25.8 Å². The summed E-state index contributed by atoms with van der Waals surface area (Å²) in [5.41, 5.74) is 1.21. The first-order chi connectivity index (χ1) is 8.16. The maximum absolute atomic E-state index is 13.1. The van der Waals surface area contributed by atoms with E-state index in [2.05, 4.69) is 10.6 Å². The van der Waals surface area contributed by atoms with Crippen molar-refractivity contribution < 1.29 is 9.18 Å². The van der Waals surface area contributed by atoms with E-state index >= 15 is 0 Å². The van der Waals surface area contributed by atoms with Crippen LogP contribution in [0.25, 0.3) is 0 Å². The van der Waals surface area contributed by atoms with Crippen LogP contribution >= 0.6 is 12.4 Å². The molecule has 1 aliphatic heterocycles. The molecule has 1 aromatic carbocycles. The maximum atomic E-state index is 13.1. The normalized spacial score (nSPS) is 18.2. The van der Waals surface area contributed by atoms with Gasteiger partial charge in [-0.15, -0.1) is 12.4 Å². The topological polar surface area (TPSA) is 41.1 Å². The second kappa shape index (κ2) is 6.71. The molecule has 0 aliphatic carbocycles. The molecule has 1 saturated heterocycles. The molecule has 1 heterocycles. The van der Waals surface area contributed by atoms with Crippen molar-refractivity contribution in [2.75, 3.05) is 13.1 Å². The Hall–Kier alpha value is -1.13. The van der Waals surface area contributed by atoms with E-state index in [1.165, 1.54) is 12.1 Å². The molecule has 100 valence electrons. The van der Waals surface area contributed by atoms with Gasteiger partial charge in [0.05, 0.1) is 0 Å². The van der Waals surface area contributed by atoms with E-state index in [0.717, 1.165) is 24.9 Å². The van der Waals surface area contributed by atoms with Gasteiger partial charge in [-0.05, 0) is 44.0 Å². The Morgan fingerprint density at radius 1 is 1.56 bits per heavy atom. The Labute approximate surface area is 113 Å². The summed E-state index contributed by atoms with van der Waals surface area (Å²) in [6.45, 7) is 3.43. The van der Waals surface area contributed by atoms with Crippen molar-refractivity contribution in [2.24, 2.45) is 0 Å². The van der Waals surface area contributed by atoms with E-state index in [-0.39, 0.29) is 24.1 Å². The number of halogens is 2. The van der Waals surface area contributed by atoms with E-state index in [0.29, 0.717) is 18.2 Å². The molecule has 3 nitrogen and oxygen atoms in total. The van der Waals surface area contributed by atoms with Crippen molar-refractivity contribution in [1.29, 1.82) is 0 Å². The summed E-state index contributed by atoms with van der Waals surface area (Å²) >= 11 is 0. The summed E-state index contributed by atoms with van der Waals surface area (Å²) in [5, 5.41) is 6.14. The highest BCUT2D eigenvalue weighted by atomic mass is 35.5. The number of amides is 1. The fourth-order valence-electron chi connectivity index (χ4n) is 2.08. The summed E-state index contributed by atoms with van der Waals surface area (Å²) in [6, 6.07) is 4.63. The van der Waals surface area contributed by atoms with Gasteiger partial charge in [0.15, 0.2) is 0 Å². The van der Waals surface area contributed by atoms with Gasteiger partial charge in [-0.3, -0.25) is 4.79 Å². The summed E-state index contributed by atoms with van der Waals surface area (Å²) in [7, 11) is 0. The van der Waals surface area contributed by atoms with Gasteiger partial charge < -0.3 is 10.6 Å². The van der Waals surface area contributed by atoms with Crippen molar-refractivity contribution in [3.63, 3.8) is 0 Å². The first-order valence-electron chi connectivity index (χ1n) is 5.94. The molecular formula is C13H18ClFN2O. The molecule has 1 aromatic rings. The Balaban J connectivity index is 0.00000162. The minimum absolute atomic E-state index is 0. The first kappa shape index (κ1) is 14.9. The first-order valence-corrected chi connectivity index (χ1v) is 5.94. The van der Waals surface area contributed by atoms with Gasteiger partial charge in [-0.2, -0.15) is 0 Å². The zero-order valence-corrected chi connectivity index (χ0v) is 11.1. The molecule has 2 N–H and O–H groups in total. The minimum Gasteiger partial charge on any atom is -0.350 e. The van der Waals surface area contributed by atoms with E-state index in [1.807, 2.05) is 6.92 Å². The van der Waals surface area contributed by atoms with Gasteiger partial charge in [0.2, 0.25) is 0 Å². The number of hydrogen-bond donors (Lipinski definition) is 2. The van der Waals surface area contributed by atoms with Crippen LogP contribution in [0, 0.1) is 12.7 Å². The summed E-state index contributed by atoms with van der Waals surface area (Å²) < 4.78 is 13.1. The number of hydrogen-bond acceptors (Lipinski definition) is 2. The van der Waals surface area contributed by atoms with Gasteiger partial charge in [-0.1, -0.05) is 6.07 Å². The van der Waals surface area contributed by atoms with Gasteiger partial charge in [0.1, 0.15) is 5.82 Å². The lowest BCUT2D eigenvalue weighted by atomic mass is 10.1. The van der Waals surface area contributed by atoms with Crippen LogP contribution < -0.4 is 10.6 Å². The lowest BCUT2D eigenvalue weighted by molar-refractivity contribution is 0.0949. The Morgan fingerprint density at radius 2 is 2.33 bits per heavy atom. The molecule has 1 amide bonds. The second-order valence-electron chi connectivity index (χ2n) is 4.46. The van der Waals surface area contributed by atoms with Crippen molar-refractivity contribution in [3.05, 3.63) is 35.1 Å². The van der Waals surface area contributed by atoms with E-state index in [9.17, 15) is 9.18 Å². The van der Waals surface area contributed by atoms with Crippen LogP contribution in [-0.2, 0) is 0 Å². The van der Waals surface area contributed by atoms with Crippen LogP contribution in [0.5, 0.6) is 0 Å². The summed E-state index contributed by atoms with van der Waals surface area (Å²) in [5.74, 6) is -0.574. The van der Waals surface area contributed by atoms with Gasteiger partial charge in [0.25, 0.3) is 5.91 Å². The van der Waals surface area contributed by atoms with Crippen LogP contribution in [0.4, 0.5) is 4.39 Å². The SMILES string of the molecule is Cc1ccc(F)cc1C(=O)NCC1CCCN1.Cl. The third kappa shape index (κ3) is 3.68. The fourth-order valence-corrected chi connectivity index (χ4v) is 2.08. The molecule has 1 unspecified atom stereocenters. The molecule has 1 aliphatic rings. The zero-order valence-electron chi connectivity index (χ0n) is 10.3. The van der Waals surface area contributed by atoms with Crippen molar-refractivity contribution in [1.82, 2.24) is 10.6 Å². The molecule has 0 aromatic heterocycles. The maximum Gasteiger partial charge on any atom is 0.251 e. The Morgan fingerprint density at radius 3 is 3.00 bits per heavy atom. The number of rotatable bonds is 3. The number of aryl methyl sites for hydroxylation is 1. The summed E-state index contributed by atoms with van der Waals surface area (Å²) in [4.78, 5) is 11.9. The third-order valence-corrected chi connectivity index (χ3v) is 3.12. The number of carbonyl (C=O) groups is 1. The second-order valence-corrected chi connectivity index (χ2v) is 4.46. The molecule has 0 radical (unpaired) electrons. The molecule has 2 rings (SSSR count). The lowest BCUT2D eigenvalue weighted by Crippen LogP contribution is -2.37. The minimum atomic E-state index is -0.375. The van der Waals surface area contributed by atoms with E-state index < -0.39 is 0 Å². The Bertz CT molecular complexity index is 419. The van der Waals surface area contributed by atoms with Crippen LogP contribution in [0.15, 0.2) is 18.2 Å². The quantitative estimate of drug-likeness (QED) is 0.884.